The number of nitrogens with two attached hydrogens (primary N) is 1. The summed E-state index contributed by atoms with van der Waals surface area (Å²) >= 11 is 0. The lowest BCUT2D eigenvalue weighted by Gasteiger charge is -2.17. The number of hydrogen-bond donors (Lipinski definition) is 2. The molecule has 0 aliphatic carbocycles. The van der Waals surface area contributed by atoms with Crippen molar-refractivity contribution in [3.8, 4) is 5.75 Å². The minimum absolute atomic E-state index is 0.0111. The first-order valence-corrected chi connectivity index (χ1v) is 6.24. The number of benzene rings is 1. The van der Waals surface area contributed by atoms with E-state index in [2.05, 4.69) is 10.3 Å². The van der Waals surface area contributed by atoms with Crippen LogP contribution in [0.2, 0.25) is 0 Å². The van der Waals surface area contributed by atoms with Gasteiger partial charge in [0.2, 0.25) is 0 Å². The van der Waals surface area contributed by atoms with Crippen molar-refractivity contribution in [3.63, 3.8) is 0 Å². The van der Waals surface area contributed by atoms with Crippen molar-refractivity contribution in [1.29, 1.82) is 0 Å². The fourth-order valence-corrected chi connectivity index (χ4v) is 1.83. The Morgan fingerprint density at radius 2 is 2.37 bits per heavy atom. The molecule has 0 fully saturated rings. The minimum atomic E-state index is -0.353. The maximum Gasteiger partial charge on any atom is 0.121 e. The van der Waals surface area contributed by atoms with E-state index in [4.69, 9.17) is 17.3 Å². The molecular formula is C15H21N3O. The Balaban J connectivity index is 2.72. The molecule has 2 rings (SSSR count). The molecule has 1 heterocycles. The zero-order valence-corrected chi connectivity index (χ0v) is 11.1. The normalized spacial score (nSPS) is 16.1. The zero-order chi connectivity index (χ0) is 18.0. The number of aromatic nitrogens is 1. The van der Waals surface area contributed by atoms with Gasteiger partial charge in [-0.1, -0.05) is 6.04 Å². The van der Waals surface area contributed by atoms with Gasteiger partial charge in [0.1, 0.15) is 5.75 Å². The number of fused-ring (bicyclic) bond motifs is 1. The molecule has 1 aromatic heterocycles. The van der Waals surface area contributed by atoms with Crippen molar-refractivity contribution in [3.05, 3.63) is 30.3 Å². The lowest BCUT2D eigenvalue weighted by atomic mass is 10.1. The molecule has 1 aromatic carbocycles. The molecule has 1 atom stereocenters. The number of methoxy groups -OCH3 is 1. The molecule has 0 saturated carbocycles. The third kappa shape index (κ3) is 3.35. The zero-order valence-electron chi connectivity index (χ0n) is 16.1. The number of nitrogens with zero attached hydrogens (tertiary/aromatic N) is 1. The third-order valence-corrected chi connectivity index (χ3v) is 2.80. The number of hydrogen-bond acceptors (Lipinski definition) is 4. The molecule has 4 heteroatoms. The molecule has 0 aliphatic heterocycles. The van der Waals surface area contributed by atoms with Gasteiger partial charge in [-0.05, 0) is 38.4 Å². The van der Waals surface area contributed by atoms with Crippen LogP contribution in [0.1, 0.15) is 26.6 Å². The van der Waals surface area contributed by atoms with Gasteiger partial charge < -0.3 is 15.8 Å². The predicted octanol–water partition coefficient (Wildman–Crippen LogP) is 2.78. The first kappa shape index (κ1) is 8.38. The average molecular weight is 264 g/mol. The molecular weight excluding hydrogens is 238 g/mol. The van der Waals surface area contributed by atoms with Gasteiger partial charge in [-0.15, -0.1) is 0 Å². The summed E-state index contributed by atoms with van der Waals surface area (Å²) in [5, 5.41) is 3.28. The van der Waals surface area contributed by atoms with Gasteiger partial charge in [0.15, 0.2) is 0 Å². The van der Waals surface area contributed by atoms with Crippen LogP contribution in [0, 0.1) is 0 Å². The molecule has 0 amide bonds. The van der Waals surface area contributed by atoms with E-state index in [0.29, 0.717) is 12.2 Å². The van der Waals surface area contributed by atoms with E-state index in [-0.39, 0.29) is 53.0 Å². The molecule has 19 heavy (non-hydrogen) atoms. The van der Waals surface area contributed by atoms with Crippen molar-refractivity contribution in [2.24, 2.45) is 5.73 Å². The molecule has 102 valence electrons. The Hall–Kier alpha value is -1.81. The second-order valence-electron chi connectivity index (χ2n) is 4.33. The van der Waals surface area contributed by atoms with Crippen molar-refractivity contribution in [1.82, 2.24) is 4.98 Å². The van der Waals surface area contributed by atoms with Gasteiger partial charge in [0.25, 0.3) is 0 Å². The second-order valence-corrected chi connectivity index (χ2v) is 4.33. The molecule has 0 saturated heterocycles. The van der Waals surface area contributed by atoms with Gasteiger partial charge in [0, 0.05) is 23.6 Å². The van der Waals surface area contributed by atoms with Gasteiger partial charge in [-0.2, -0.15) is 0 Å². The van der Waals surface area contributed by atoms with Crippen molar-refractivity contribution >= 4 is 16.6 Å². The van der Waals surface area contributed by atoms with E-state index in [1.165, 1.54) is 7.11 Å². The van der Waals surface area contributed by atoms with Crippen molar-refractivity contribution in [2.75, 3.05) is 19.0 Å². The number of pyridine rings is 1. The summed E-state index contributed by atoms with van der Waals surface area (Å²) in [6, 6.07) is -0.825. The largest absolute Gasteiger partial charge is 0.497 e. The summed E-state index contributed by atoms with van der Waals surface area (Å²) in [4.78, 5) is 4.04. The summed E-state index contributed by atoms with van der Waals surface area (Å²) in [6.07, 6.45) is 1.24. The summed E-state index contributed by atoms with van der Waals surface area (Å²) in [5.41, 5.74) is 6.01. The van der Waals surface area contributed by atoms with Gasteiger partial charge in [0.05, 0.1) is 25.2 Å². The Labute approximate surface area is 121 Å². The molecule has 0 aliphatic rings. The molecule has 3 N–H and O–H groups in total. The number of anilines is 1. The van der Waals surface area contributed by atoms with E-state index in [0.717, 1.165) is 12.8 Å². The minimum Gasteiger partial charge on any atom is -0.497 e. The maximum atomic E-state index is 8.29. The fraction of sp³-hybridized carbons (Fsp3) is 0.400. The highest BCUT2D eigenvalue weighted by Gasteiger charge is 2.08. The molecule has 2 aromatic rings. The number of nitrogens with one attached hydrogen (secondary N) is 1. The van der Waals surface area contributed by atoms with E-state index >= 15 is 0 Å². The van der Waals surface area contributed by atoms with Crippen LogP contribution in [0.4, 0.5) is 5.69 Å². The smallest absolute Gasteiger partial charge is 0.121 e. The summed E-state index contributed by atoms with van der Waals surface area (Å²) in [6.45, 7) is 2.49. The highest BCUT2D eigenvalue weighted by Crippen LogP contribution is 2.28. The first-order valence-electron chi connectivity index (χ1n) is 8.74. The van der Waals surface area contributed by atoms with Crippen LogP contribution >= 0.6 is 0 Å². The quantitative estimate of drug-likeness (QED) is 0.842. The third-order valence-electron chi connectivity index (χ3n) is 2.80. The van der Waals surface area contributed by atoms with Crippen molar-refractivity contribution in [2.45, 2.75) is 25.8 Å². The van der Waals surface area contributed by atoms with Crippen LogP contribution in [0.25, 0.3) is 10.9 Å². The van der Waals surface area contributed by atoms with Crippen LogP contribution < -0.4 is 15.8 Å². The van der Waals surface area contributed by atoms with Crippen LogP contribution in [0.5, 0.6) is 5.75 Å². The standard InChI is InChI=1S/C15H21N3O/c1-11(5-3-7-16)18-14-10-13(19-2)9-12-6-4-8-17-15(12)14/h4,6,8-11,18H,3,5,7,16H2,1-2H3/i4D,6D,8D,9D,10D. The first-order chi connectivity index (χ1) is 11.3. The monoisotopic (exact) mass is 264 g/mol. The van der Waals surface area contributed by atoms with Gasteiger partial charge >= 0.3 is 0 Å². The molecule has 0 bridgehead atoms. The van der Waals surface area contributed by atoms with Crippen molar-refractivity contribution < 1.29 is 11.6 Å². The summed E-state index contributed by atoms with van der Waals surface area (Å²) < 4.78 is 45.2. The van der Waals surface area contributed by atoms with E-state index in [1.54, 1.807) is 0 Å². The van der Waals surface area contributed by atoms with E-state index in [1.807, 2.05) is 6.92 Å². The molecule has 1 unspecified atom stereocenters. The lowest BCUT2D eigenvalue weighted by Crippen LogP contribution is -2.17. The Kier molecular flexibility index (Phi) is 2.82. The number of rotatable bonds is 6. The molecule has 0 radical (unpaired) electrons. The Morgan fingerprint density at radius 3 is 3.11 bits per heavy atom. The van der Waals surface area contributed by atoms with Gasteiger partial charge in [-0.25, -0.2) is 0 Å². The molecule has 0 spiro atoms. The van der Waals surface area contributed by atoms with Crippen LogP contribution in [-0.2, 0) is 0 Å². The maximum absolute atomic E-state index is 8.29. The van der Waals surface area contributed by atoms with Crippen LogP contribution in [0.15, 0.2) is 30.3 Å². The average Bonchev–Trinajstić information content (AvgIpc) is 2.54. The SMILES string of the molecule is [2H]c1nc2c(NC(C)CCCN)c([2H])c(OC)c([2H])c2c([2H])c1[2H]. The summed E-state index contributed by atoms with van der Waals surface area (Å²) in [5.74, 6) is 0.0171. The highest BCUT2D eigenvalue weighted by molar-refractivity contribution is 5.91. The van der Waals surface area contributed by atoms with Gasteiger partial charge in [-0.3, -0.25) is 4.98 Å². The predicted molar refractivity (Wildman–Crippen MR) is 79.7 cm³/mol. The second kappa shape index (κ2) is 6.38. The Bertz CT molecular complexity index is 769. The highest BCUT2D eigenvalue weighted by atomic mass is 16.5. The Morgan fingerprint density at radius 1 is 1.53 bits per heavy atom. The fourth-order valence-electron chi connectivity index (χ4n) is 1.83. The van der Waals surface area contributed by atoms with Crippen LogP contribution in [-0.4, -0.2) is 24.7 Å². The topological polar surface area (TPSA) is 60.2 Å². The number of ether oxygens (including phenoxy) is 1. The summed E-state index contributed by atoms with van der Waals surface area (Å²) in [7, 11) is 1.36. The molecule has 4 nitrogen and oxygen atoms in total. The van der Waals surface area contributed by atoms with Crippen LogP contribution in [0.3, 0.4) is 0 Å². The lowest BCUT2D eigenvalue weighted by molar-refractivity contribution is 0.415. The van der Waals surface area contributed by atoms with E-state index < -0.39 is 0 Å². The van der Waals surface area contributed by atoms with E-state index in [9.17, 15) is 0 Å².